The van der Waals surface area contributed by atoms with Crippen molar-refractivity contribution >= 4 is 34.9 Å². The van der Waals surface area contributed by atoms with Gasteiger partial charge in [0.1, 0.15) is 11.9 Å². The van der Waals surface area contributed by atoms with Crippen LogP contribution >= 0.6 is 23.1 Å². The minimum atomic E-state index is -1.20. The molecule has 156 valence electrons. The maximum absolute atomic E-state index is 14.9. The van der Waals surface area contributed by atoms with Gasteiger partial charge in [-0.15, -0.1) is 5.10 Å². The van der Waals surface area contributed by atoms with Gasteiger partial charge in [-0.3, -0.25) is 9.59 Å². The molecule has 2 amide bonds. The summed E-state index contributed by atoms with van der Waals surface area (Å²) in [6, 6.07) is 2.73. The fourth-order valence-corrected chi connectivity index (χ4v) is 4.37. The van der Waals surface area contributed by atoms with Crippen molar-refractivity contribution in [3.05, 3.63) is 45.7 Å². The predicted molar refractivity (Wildman–Crippen MR) is 110 cm³/mol. The first-order valence-corrected chi connectivity index (χ1v) is 11.0. The minimum absolute atomic E-state index is 0.00139. The Morgan fingerprint density at radius 2 is 2.10 bits per heavy atom. The highest BCUT2D eigenvalue weighted by Gasteiger charge is 2.39. The van der Waals surface area contributed by atoms with E-state index >= 15 is 0 Å². The molecule has 29 heavy (non-hydrogen) atoms. The van der Waals surface area contributed by atoms with Gasteiger partial charge in [0.05, 0.1) is 0 Å². The highest BCUT2D eigenvalue weighted by molar-refractivity contribution is 7.03. The lowest BCUT2D eigenvalue weighted by molar-refractivity contribution is -0.127. The highest BCUT2D eigenvalue weighted by Crippen LogP contribution is 2.34. The second kappa shape index (κ2) is 9.63. The highest BCUT2D eigenvalue weighted by atomic mass is 35.5. The largest absolute Gasteiger partial charge is 0.351 e. The summed E-state index contributed by atoms with van der Waals surface area (Å²) in [4.78, 5) is 28.0. The number of carbonyl (C=O) groups is 2. The molecule has 0 aliphatic heterocycles. The molecule has 1 aromatic heterocycles. The van der Waals surface area contributed by atoms with Crippen LogP contribution in [0.15, 0.2) is 23.6 Å². The number of carbonyl (C=O) groups excluding carboxylic acids is 2. The Bertz CT molecular complexity index is 838. The molecule has 1 aliphatic rings. The van der Waals surface area contributed by atoms with Crippen molar-refractivity contribution in [3.8, 4) is 0 Å². The Balaban J connectivity index is 2.07. The zero-order valence-corrected chi connectivity index (χ0v) is 18.0. The number of hydrogen-bond donors (Lipinski definition) is 1. The summed E-state index contributed by atoms with van der Waals surface area (Å²) in [7, 11) is 0. The van der Waals surface area contributed by atoms with Crippen molar-refractivity contribution < 1.29 is 14.0 Å². The summed E-state index contributed by atoms with van der Waals surface area (Å²) < 4.78 is 18.6. The Labute approximate surface area is 178 Å². The Morgan fingerprint density at radius 1 is 1.38 bits per heavy atom. The minimum Gasteiger partial charge on any atom is -0.351 e. The van der Waals surface area contributed by atoms with Crippen LogP contribution < -0.4 is 5.32 Å². The summed E-state index contributed by atoms with van der Waals surface area (Å²) in [5.74, 6) is -1.53. The predicted octanol–water partition coefficient (Wildman–Crippen LogP) is 4.37. The Kier molecular flexibility index (Phi) is 7.18. The van der Waals surface area contributed by atoms with E-state index in [-0.39, 0.29) is 28.4 Å². The van der Waals surface area contributed by atoms with Gasteiger partial charge < -0.3 is 10.2 Å². The quantitative estimate of drug-likeness (QED) is 0.696. The summed E-state index contributed by atoms with van der Waals surface area (Å²) in [5.41, 5.74) is 0.128. The topological polar surface area (TPSA) is 75.2 Å². The van der Waals surface area contributed by atoms with Crippen LogP contribution in [0.1, 0.15) is 68.0 Å². The Morgan fingerprint density at radius 3 is 2.69 bits per heavy atom. The number of aromatic nitrogens is 2. The third kappa shape index (κ3) is 4.75. The lowest BCUT2D eigenvalue weighted by atomic mass is 9.99. The van der Waals surface area contributed by atoms with Crippen LogP contribution in [-0.4, -0.2) is 38.4 Å². The van der Waals surface area contributed by atoms with Crippen LogP contribution in [0.2, 0.25) is 5.02 Å². The molecule has 1 heterocycles. The molecule has 1 fully saturated rings. The first kappa shape index (κ1) is 21.6. The standard InChI is InChI=1S/C20H24ClFN4O2S/c1-3-12(2)26(20(28)16-11-29-25-24-16)18(17-14(21)9-6-10-15(17)22)19(27)23-13-7-4-5-8-13/h6,9-13,18H,3-5,7-8H2,1-2H3,(H,23,27)/t12-,18+/m0/s1. The molecule has 0 bridgehead atoms. The second-order valence-electron chi connectivity index (χ2n) is 7.29. The van der Waals surface area contributed by atoms with Crippen molar-refractivity contribution in [2.45, 2.75) is 64.1 Å². The maximum Gasteiger partial charge on any atom is 0.276 e. The van der Waals surface area contributed by atoms with Gasteiger partial charge in [0.15, 0.2) is 5.69 Å². The number of nitrogens with zero attached hydrogens (tertiary/aromatic N) is 3. The monoisotopic (exact) mass is 438 g/mol. The molecule has 1 aromatic carbocycles. The van der Waals surface area contributed by atoms with Crippen LogP contribution in [0.4, 0.5) is 4.39 Å². The average molecular weight is 439 g/mol. The fourth-order valence-electron chi connectivity index (χ4n) is 3.68. The number of benzene rings is 1. The number of rotatable bonds is 7. The molecule has 1 aliphatic carbocycles. The van der Waals surface area contributed by atoms with E-state index < -0.39 is 23.7 Å². The number of halogens is 2. The van der Waals surface area contributed by atoms with Crippen molar-refractivity contribution in [3.63, 3.8) is 0 Å². The number of nitrogens with one attached hydrogen (secondary N) is 1. The van der Waals surface area contributed by atoms with Gasteiger partial charge in [-0.05, 0) is 49.9 Å². The molecular weight excluding hydrogens is 415 g/mol. The van der Waals surface area contributed by atoms with E-state index in [1.165, 1.54) is 28.5 Å². The van der Waals surface area contributed by atoms with Gasteiger partial charge in [0, 0.05) is 28.0 Å². The summed E-state index contributed by atoms with van der Waals surface area (Å²) in [6.45, 7) is 3.72. The Hall–Kier alpha value is -2.06. The van der Waals surface area contributed by atoms with Crippen LogP contribution in [0.25, 0.3) is 0 Å². The summed E-state index contributed by atoms with van der Waals surface area (Å²) in [5, 5.41) is 8.48. The zero-order chi connectivity index (χ0) is 21.0. The summed E-state index contributed by atoms with van der Waals surface area (Å²) >= 11 is 7.37. The van der Waals surface area contributed by atoms with Crippen LogP contribution in [0.3, 0.4) is 0 Å². The van der Waals surface area contributed by atoms with Crippen LogP contribution in [0.5, 0.6) is 0 Å². The van der Waals surface area contributed by atoms with Gasteiger partial charge in [0.2, 0.25) is 5.91 Å². The van der Waals surface area contributed by atoms with Crippen molar-refractivity contribution in [2.24, 2.45) is 0 Å². The molecule has 6 nitrogen and oxygen atoms in total. The fraction of sp³-hybridized carbons (Fsp3) is 0.500. The van der Waals surface area contributed by atoms with Gasteiger partial charge >= 0.3 is 0 Å². The van der Waals surface area contributed by atoms with Crippen molar-refractivity contribution in [1.29, 1.82) is 0 Å². The number of hydrogen-bond acceptors (Lipinski definition) is 5. The van der Waals surface area contributed by atoms with E-state index in [0.717, 1.165) is 37.2 Å². The summed E-state index contributed by atoms with van der Waals surface area (Å²) in [6.07, 6.45) is 4.39. The van der Waals surface area contributed by atoms with Crippen molar-refractivity contribution in [2.75, 3.05) is 0 Å². The van der Waals surface area contributed by atoms with Gasteiger partial charge in [-0.2, -0.15) is 0 Å². The molecule has 2 aromatic rings. The molecule has 1 N–H and O–H groups in total. The lowest BCUT2D eigenvalue weighted by Gasteiger charge is -2.36. The SMILES string of the molecule is CC[C@H](C)N(C(=O)c1csnn1)[C@@H](C(=O)NC1CCCC1)c1c(F)cccc1Cl. The van der Waals surface area contributed by atoms with E-state index in [9.17, 15) is 14.0 Å². The first-order chi connectivity index (χ1) is 13.9. The first-order valence-electron chi connectivity index (χ1n) is 9.78. The van der Waals surface area contributed by atoms with Gasteiger partial charge in [-0.25, -0.2) is 4.39 Å². The molecule has 0 saturated heterocycles. The third-order valence-corrected chi connectivity index (χ3v) is 6.21. The normalized spacial score (nSPS) is 16.4. The smallest absolute Gasteiger partial charge is 0.276 e. The van der Waals surface area contributed by atoms with Gasteiger partial charge in [-0.1, -0.05) is 41.9 Å². The average Bonchev–Trinajstić information content (AvgIpc) is 3.40. The molecule has 9 heteroatoms. The van der Waals surface area contributed by atoms with E-state index in [0.29, 0.717) is 6.42 Å². The molecule has 1 saturated carbocycles. The van der Waals surface area contributed by atoms with Crippen LogP contribution in [0, 0.1) is 5.82 Å². The van der Waals surface area contributed by atoms with E-state index in [1.54, 1.807) is 0 Å². The molecule has 0 spiro atoms. The van der Waals surface area contributed by atoms with E-state index in [2.05, 4.69) is 14.9 Å². The second-order valence-corrected chi connectivity index (χ2v) is 8.30. The molecule has 3 rings (SSSR count). The maximum atomic E-state index is 14.9. The van der Waals surface area contributed by atoms with Crippen LogP contribution in [-0.2, 0) is 4.79 Å². The molecular formula is C20H24ClFN4O2S. The van der Waals surface area contributed by atoms with E-state index in [1.807, 2.05) is 13.8 Å². The van der Waals surface area contributed by atoms with Gasteiger partial charge in [0.25, 0.3) is 5.91 Å². The third-order valence-electron chi connectivity index (χ3n) is 5.38. The molecule has 0 radical (unpaired) electrons. The van der Waals surface area contributed by atoms with E-state index in [4.69, 9.17) is 11.6 Å². The lowest BCUT2D eigenvalue weighted by Crippen LogP contribution is -2.49. The molecule has 0 unspecified atom stereocenters. The zero-order valence-electron chi connectivity index (χ0n) is 16.4. The molecule has 2 atom stereocenters. The number of amides is 2. The van der Waals surface area contributed by atoms with Crippen molar-refractivity contribution in [1.82, 2.24) is 19.8 Å².